The lowest BCUT2D eigenvalue weighted by Crippen LogP contribution is -2.17. The predicted molar refractivity (Wildman–Crippen MR) is 78.2 cm³/mol. The van der Waals surface area contributed by atoms with Gasteiger partial charge in [0.2, 0.25) is 6.79 Å². The van der Waals surface area contributed by atoms with Gasteiger partial charge in [0.05, 0.1) is 5.56 Å². The molecule has 2 aromatic rings. The number of nitrogens with two attached hydrogens (primary N) is 1. The zero-order chi connectivity index (χ0) is 15.8. The standard InChI is InChI=1S/C15H13N3O4/c16-13(11-4-2-1-3-5-11)18-15(20)22-10-21-14(19)12-6-8-17-9-7-12/h1-9H,10H2,(H2,16,18,20). The van der Waals surface area contributed by atoms with Crippen molar-refractivity contribution in [3.63, 3.8) is 0 Å². The Bertz CT molecular complexity index is 672. The lowest BCUT2D eigenvalue weighted by molar-refractivity contribution is 0.000123. The molecule has 0 saturated carbocycles. The van der Waals surface area contributed by atoms with E-state index in [1.54, 1.807) is 24.3 Å². The maximum absolute atomic E-state index is 11.6. The van der Waals surface area contributed by atoms with Crippen LogP contribution in [0.4, 0.5) is 4.79 Å². The predicted octanol–water partition coefficient (Wildman–Crippen LogP) is 1.74. The van der Waals surface area contributed by atoms with Crippen LogP contribution in [0.25, 0.3) is 0 Å². The van der Waals surface area contributed by atoms with E-state index in [0.717, 1.165) is 0 Å². The Morgan fingerprint density at radius 2 is 1.68 bits per heavy atom. The molecule has 0 unspecified atom stereocenters. The number of ether oxygens (including phenoxy) is 2. The number of pyridine rings is 1. The van der Waals surface area contributed by atoms with Crippen molar-refractivity contribution >= 4 is 17.9 Å². The SMILES string of the molecule is NC(=NC(=O)OCOC(=O)c1ccncc1)c1ccccc1. The van der Waals surface area contributed by atoms with Crippen LogP contribution >= 0.6 is 0 Å². The molecule has 0 radical (unpaired) electrons. The highest BCUT2D eigenvalue weighted by Gasteiger charge is 2.08. The molecule has 1 aromatic heterocycles. The van der Waals surface area contributed by atoms with Crippen LogP contribution in [0.1, 0.15) is 15.9 Å². The summed E-state index contributed by atoms with van der Waals surface area (Å²) < 4.78 is 9.43. The van der Waals surface area contributed by atoms with Crippen molar-refractivity contribution in [2.24, 2.45) is 10.7 Å². The molecule has 112 valence electrons. The van der Waals surface area contributed by atoms with Crippen molar-refractivity contribution in [2.75, 3.05) is 6.79 Å². The Labute approximate surface area is 126 Å². The number of hydrogen-bond acceptors (Lipinski definition) is 5. The van der Waals surface area contributed by atoms with E-state index in [0.29, 0.717) is 11.1 Å². The highest BCUT2D eigenvalue weighted by Crippen LogP contribution is 2.01. The molecule has 0 fully saturated rings. The van der Waals surface area contributed by atoms with Crippen molar-refractivity contribution in [3.05, 3.63) is 66.0 Å². The molecule has 1 heterocycles. The summed E-state index contributed by atoms with van der Waals surface area (Å²) in [5.41, 5.74) is 6.55. The summed E-state index contributed by atoms with van der Waals surface area (Å²) in [6.07, 6.45) is 1.96. The number of amides is 1. The lowest BCUT2D eigenvalue weighted by Gasteiger charge is -2.04. The second kappa shape index (κ2) is 7.53. The Balaban J connectivity index is 1.82. The number of esters is 1. The number of amidine groups is 1. The maximum Gasteiger partial charge on any atom is 0.438 e. The fraction of sp³-hybridized carbons (Fsp3) is 0.0667. The molecule has 1 amide bonds. The molecule has 0 saturated heterocycles. The minimum atomic E-state index is -0.941. The van der Waals surface area contributed by atoms with E-state index < -0.39 is 18.9 Å². The van der Waals surface area contributed by atoms with Crippen LogP contribution in [0, 0.1) is 0 Å². The van der Waals surface area contributed by atoms with Crippen molar-refractivity contribution in [1.82, 2.24) is 4.98 Å². The summed E-state index contributed by atoms with van der Waals surface area (Å²) in [5.74, 6) is -0.610. The Morgan fingerprint density at radius 3 is 2.36 bits per heavy atom. The number of rotatable bonds is 4. The maximum atomic E-state index is 11.6. The van der Waals surface area contributed by atoms with Crippen LogP contribution in [-0.2, 0) is 9.47 Å². The summed E-state index contributed by atoms with van der Waals surface area (Å²) >= 11 is 0. The Morgan fingerprint density at radius 1 is 1.00 bits per heavy atom. The number of nitrogens with zero attached hydrogens (tertiary/aromatic N) is 2. The van der Waals surface area contributed by atoms with Gasteiger partial charge in [-0.2, -0.15) is 4.99 Å². The van der Waals surface area contributed by atoms with Gasteiger partial charge in [0.15, 0.2) is 0 Å². The van der Waals surface area contributed by atoms with Gasteiger partial charge in [0.1, 0.15) is 5.84 Å². The van der Waals surface area contributed by atoms with Crippen molar-refractivity contribution in [2.45, 2.75) is 0 Å². The monoisotopic (exact) mass is 299 g/mol. The summed E-state index contributed by atoms with van der Waals surface area (Å²) in [7, 11) is 0. The van der Waals surface area contributed by atoms with Gasteiger partial charge in [-0.05, 0) is 12.1 Å². The van der Waals surface area contributed by atoms with Gasteiger partial charge in [0.25, 0.3) is 0 Å². The second-order valence-corrected chi connectivity index (χ2v) is 4.06. The third kappa shape index (κ3) is 4.41. The van der Waals surface area contributed by atoms with Crippen molar-refractivity contribution in [1.29, 1.82) is 0 Å². The molecule has 0 aliphatic heterocycles. The second-order valence-electron chi connectivity index (χ2n) is 4.06. The molecule has 2 N–H and O–H groups in total. The molecular weight excluding hydrogens is 286 g/mol. The van der Waals surface area contributed by atoms with Crippen LogP contribution in [0.5, 0.6) is 0 Å². The number of benzene rings is 1. The highest BCUT2D eigenvalue weighted by molar-refractivity contribution is 6.02. The molecule has 0 spiro atoms. The van der Waals surface area contributed by atoms with Gasteiger partial charge in [-0.15, -0.1) is 0 Å². The highest BCUT2D eigenvalue weighted by atomic mass is 16.7. The van der Waals surface area contributed by atoms with Gasteiger partial charge in [-0.3, -0.25) is 4.98 Å². The molecule has 7 heteroatoms. The minimum absolute atomic E-state index is 0.0195. The van der Waals surface area contributed by atoms with Crippen molar-refractivity contribution < 1.29 is 19.1 Å². The van der Waals surface area contributed by atoms with E-state index in [-0.39, 0.29) is 5.84 Å². The van der Waals surface area contributed by atoms with Crippen LogP contribution in [0.15, 0.2) is 59.9 Å². The van der Waals surface area contributed by atoms with Gasteiger partial charge in [-0.25, -0.2) is 9.59 Å². The number of hydrogen-bond donors (Lipinski definition) is 1. The minimum Gasteiger partial charge on any atom is -0.424 e. The van der Waals surface area contributed by atoms with E-state index in [4.69, 9.17) is 10.5 Å². The summed E-state index contributed by atoms with van der Waals surface area (Å²) in [6, 6.07) is 11.7. The molecule has 7 nitrogen and oxygen atoms in total. The molecule has 0 atom stereocenters. The van der Waals surface area contributed by atoms with Crippen LogP contribution < -0.4 is 5.73 Å². The van der Waals surface area contributed by atoms with Crippen LogP contribution in [-0.4, -0.2) is 29.7 Å². The quantitative estimate of drug-likeness (QED) is 0.399. The fourth-order valence-electron chi connectivity index (χ4n) is 1.51. The zero-order valence-electron chi connectivity index (χ0n) is 11.5. The van der Waals surface area contributed by atoms with E-state index in [1.807, 2.05) is 6.07 Å². The third-order valence-electron chi connectivity index (χ3n) is 2.57. The number of carbonyl (C=O) groups excluding carboxylic acids is 2. The summed E-state index contributed by atoms with van der Waals surface area (Å²) in [6.45, 7) is -0.550. The molecule has 22 heavy (non-hydrogen) atoms. The molecule has 0 bridgehead atoms. The first kappa shape index (κ1) is 15.2. The van der Waals surface area contributed by atoms with Crippen LogP contribution in [0.2, 0.25) is 0 Å². The molecule has 0 aliphatic rings. The first-order chi connectivity index (χ1) is 10.7. The third-order valence-corrected chi connectivity index (χ3v) is 2.57. The molecule has 0 aliphatic carbocycles. The smallest absolute Gasteiger partial charge is 0.424 e. The fourth-order valence-corrected chi connectivity index (χ4v) is 1.51. The summed E-state index contributed by atoms with van der Waals surface area (Å²) in [5, 5.41) is 0. The normalized spacial score (nSPS) is 10.8. The van der Waals surface area contributed by atoms with E-state index in [1.165, 1.54) is 24.5 Å². The van der Waals surface area contributed by atoms with E-state index >= 15 is 0 Å². The molecule has 2 rings (SSSR count). The van der Waals surface area contributed by atoms with Crippen molar-refractivity contribution in [3.8, 4) is 0 Å². The van der Waals surface area contributed by atoms with Gasteiger partial charge >= 0.3 is 12.1 Å². The van der Waals surface area contributed by atoms with Gasteiger partial charge in [-0.1, -0.05) is 30.3 Å². The molecule has 1 aromatic carbocycles. The topological polar surface area (TPSA) is 104 Å². The average Bonchev–Trinajstić information content (AvgIpc) is 2.56. The first-order valence-electron chi connectivity index (χ1n) is 6.30. The van der Waals surface area contributed by atoms with Gasteiger partial charge in [0, 0.05) is 18.0 Å². The molecular formula is C15H13N3O4. The zero-order valence-corrected chi connectivity index (χ0v) is 11.5. The van der Waals surface area contributed by atoms with E-state index in [9.17, 15) is 9.59 Å². The average molecular weight is 299 g/mol. The number of carbonyl (C=O) groups is 2. The van der Waals surface area contributed by atoms with Gasteiger partial charge < -0.3 is 15.2 Å². The number of aromatic nitrogens is 1. The first-order valence-corrected chi connectivity index (χ1v) is 6.30. The number of aliphatic imine (C=N–C) groups is 1. The largest absolute Gasteiger partial charge is 0.438 e. The Hall–Kier alpha value is -3.22. The van der Waals surface area contributed by atoms with E-state index in [2.05, 4.69) is 14.7 Å². The summed E-state index contributed by atoms with van der Waals surface area (Å²) in [4.78, 5) is 30.3. The lowest BCUT2D eigenvalue weighted by atomic mass is 10.2. The van der Waals surface area contributed by atoms with Crippen LogP contribution in [0.3, 0.4) is 0 Å². The Kier molecular flexibility index (Phi) is 5.20.